The van der Waals surface area contributed by atoms with Crippen LogP contribution in [0.3, 0.4) is 0 Å². The molecule has 1 atom stereocenters. The van der Waals surface area contributed by atoms with Crippen molar-refractivity contribution in [2.45, 2.75) is 39.3 Å². The van der Waals surface area contributed by atoms with Gasteiger partial charge in [-0.25, -0.2) is 0 Å². The molecule has 1 saturated heterocycles. The Morgan fingerprint density at radius 2 is 1.93 bits per heavy atom. The number of aliphatic imine (C=N–C) groups is 1. The molecule has 29 heavy (non-hydrogen) atoms. The Morgan fingerprint density at radius 3 is 2.52 bits per heavy atom. The Labute approximate surface area is 192 Å². The lowest BCUT2D eigenvalue weighted by Crippen LogP contribution is -2.50. The molecule has 0 radical (unpaired) electrons. The van der Waals surface area contributed by atoms with Crippen LogP contribution in [-0.2, 0) is 9.53 Å². The molecule has 0 aliphatic carbocycles. The Bertz CT molecular complexity index is 669. The summed E-state index contributed by atoms with van der Waals surface area (Å²) in [5.41, 5.74) is 2.27. The number of nitrogens with zero attached hydrogens (tertiary/aromatic N) is 2. The van der Waals surface area contributed by atoms with E-state index in [-0.39, 0.29) is 48.0 Å². The molecule has 0 bridgehead atoms. The fraction of sp³-hybridized carbons (Fsp3) is 0.619. The van der Waals surface area contributed by atoms with Gasteiger partial charge in [-0.15, -0.1) is 24.0 Å². The van der Waals surface area contributed by atoms with E-state index in [1.54, 1.807) is 7.05 Å². The number of hydrogen-bond donors (Lipinski definition) is 3. The maximum absolute atomic E-state index is 12.0. The van der Waals surface area contributed by atoms with Gasteiger partial charge >= 0.3 is 0 Å². The molecule has 0 spiro atoms. The molecule has 164 valence electrons. The van der Waals surface area contributed by atoms with Crippen LogP contribution < -0.4 is 16.0 Å². The Hall–Kier alpha value is -1.39. The fourth-order valence-electron chi connectivity index (χ4n) is 3.26. The minimum Gasteiger partial charge on any atom is -0.379 e. The normalized spacial score (nSPS) is 16.5. The van der Waals surface area contributed by atoms with Crippen molar-refractivity contribution in [1.29, 1.82) is 0 Å². The molecule has 1 aliphatic rings. The van der Waals surface area contributed by atoms with E-state index >= 15 is 0 Å². The number of hydrogen-bond acceptors (Lipinski definition) is 4. The lowest BCUT2D eigenvalue weighted by molar-refractivity contribution is -0.121. The summed E-state index contributed by atoms with van der Waals surface area (Å²) in [6.45, 7) is 12.2. The predicted octanol–water partition coefficient (Wildman–Crippen LogP) is 2.07. The molecule has 7 nitrogen and oxygen atoms in total. The second-order valence-corrected chi connectivity index (χ2v) is 8.18. The number of ether oxygens (including phenoxy) is 1. The molecule has 1 heterocycles. The highest BCUT2D eigenvalue weighted by atomic mass is 127. The predicted molar refractivity (Wildman–Crippen MR) is 129 cm³/mol. The molecule has 8 heteroatoms. The van der Waals surface area contributed by atoms with Crippen molar-refractivity contribution in [1.82, 2.24) is 20.9 Å². The maximum Gasteiger partial charge on any atom is 0.239 e. The van der Waals surface area contributed by atoms with Gasteiger partial charge in [0.25, 0.3) is 0 Å². The number of benzene rings is 1. The number of morpholine rings is 1. The van der Waals surface area contributed by atoms with Crippen LogP contribution in [0.4, 0.5) is 0 Å². The first kappa shape index (κ1) is 25.6. The Morgan fingerprint density at radius 1 is 1.24 bits per heavy atom. The van der Waals surface area contributed by atoms with Crippen LogP contribution in [0.25, 0.3) is 0 Å². The fourth-order valence-corrected chi connectivity index (χ4v) is 3.26. The standard InChI is InChI=1S/C21H35N5O2.HI/c1-16-7-6-8-17(13-16)18(26-9-11-28-12-10-26)14-23-20(22-5)24-15-19(27)25-21(2,3)4;/h6-8,13,18H,9-12,14-15H2,1-5H3,(H,25,27)(H2,22,23,24);1H. The van der Waals surface area contributed by atoms with Crippen molar-refractivity contribution in [2.24, 2.45) is 4.99 Å². The molecule has 3 N–H and O–H groups in total. The summed E-state index contributed by atoms with van der Waals surface area (Å²) in [6, 6.07) is 8.82. The van der Waals surface area contributed by atoms with Gasteiger partial charge in [0, 0.05) is 32.2 Å². The Balaban J connectivity index is 0.00000420. The first-order valence-electron chi connectivity index (χ1n) is 9.92. The summed E-state index contributed by atoms with van der Waals surface area (Å²) in [7, 11) is 1.72. The van der Waals surface area contributed by atoms with Gasteiger partial charge in [-0.3, -0.25) is 14.7 Å². The smallest absolute Gasteiger partial charge is 0.239 e. The van der Waals surface area contributed by atoms with Gasteiger partial charge in [-0.1, -0.05) is 29.8 Å². The highest BCUT2D eigenvalue weighted by Gasteiger charge is 2.23. The first-order chi connectivity index (χ1) is 13.3. The molecule has 1 unspecified atom stereocenters. The van der Waals surface area contributed by atoms with Crippen molar-refractivity contribution in [3.63, 3.8) is 0 Å². The second kappa shape index (κ2) is 12.3. The summed E-state index contributed by atoms with van der Waals surface area (Å²) in [5.74, 6) is 0.564. The average Bonchev–Trinajstić information content (AvgIpc) is 2.64. The van der Waals surface area contributed by atoms with Gasteiger partial charge in [0.1, 0.15) is 0 Å². The second-order valence-electron chi connectivity index (χ2n) is 8.18. The third-order valence-electron chi connectivity index (χ3n) is 4.53. The van der Waals surface area contributed by atoms with Gasteiger partial charge in [-0.2, -0.15) is 0 Å². The minimum absolute atomic E-state index is 0. The van der Waals surface area contributed by atoms with E-state index < -0.39 is 0 Å². The molecule has 1 fully saturated rings. The molecule has 1 amide bonds. The first-order valence-corrected chi connectivity index (χ1v) is 9.92. The van der Waals surface area contributed by atoms with Crippen molar-refractivity contribution < 1.29 is 9.53 Å². The average molecular weight is 517 g/mol. The highest BCUT2D eigenvalue weighted by molar-refractivity contribution is 14.0. The van der Waals surface area contributed by atoms with E-state index in [1.165, 1.54) is 11.1 Å². The number of rotatable bonds is 6. The maximum atomic E-state index is 12.0. The van der Waals surface area contributed by atoms with Crippen LogP contribution in [0, 0.1) is 6.92 Å². The number of halogens is 1. The number of aryl methyl sites for hydroxylation is 1. The number of amides is 1. The Kier molecular flexibility index (Phi) is 10.9. The van der Waals surface area contributed by atoms with Gasteiger partial charge < -0.3 is 20.7 Å². The molecular formula is C21H36IN5O2. The SMILES string of the molecule is CN=C(NCC(=O)NC(C)(C)C)NCC(c1cccc(C)c1)N1CCOCC1.I. The van der Waals surface area contributed by atoms with Gasteiger partial charge in [0.05, 0.1) is 25.8 Å². The summed E-state index contributed by atoms with van der Waals surface area (Å²) < 4.78 is 5.52. The summed E-state index contributed by atoms with van der Waals surface area (Å²) in [5, 5.41) is 9.42. The molecule has 1 aromatic carbocycles. The van der Waals surface area contributed by atoms with Crippen LogP contribution in [0.1, 0.15) is 37.9 Å². The van der Waals surface area contributed by atoms with Crippen LogP contribution in [-0.4, -0.2) is 68.7 Å². The van der Waals surface area contributed by atoms with E-state index in [0.717, 1.165) is 26.3 Å². The van der Waals surface area contributed by atoms with Crippen LogP contribution >= 0.6 is 24.0 Å². The lowest BCUT2D eigenvalue weighted by Gasteiger charge is -2.35. The van der Waals surface area contributed by atoms with Gasteiger partial charge in [0.15, 0.2) is 5.96 Å². The molecule has 1 aliphatic heterocycles. The largest absolute Gasteiger partial charge is 0.379 e. The van der Waals surface area contributed by atoms with Gasteiger partial charge in [0.2, 0.25) is 5.91 Å². The molecule has 2 rings (SSSR count). The monoisotopic (exact) mass is 517 g/mol. The number of carbonyl (C=O) groups excluding carboxylic acids is 1. The molecule has 0 saturated carbocycles. The van der Waals surface area contributed by atoms with Crippen molar-refractivity contribution in [3.8, 4) is 0 Å². The zero-order valence-electron chi connectivity index (χ0n) is 18.2. The van der Waals surface area contributed by atoms with E-state index in [4.69, 9.17) is 4.74 Å². The quantitative estimate of drug-likeness (QED) is 0.306. The summed E-state index contributed by atoms with van der Waals surface area (Å²) in [4.78, 5) is 18.7. The summed E-state index contributed by atoms with van der Waals surface area (Å²) in [6.07, 6.45) is 0. The van der Waals surface area contributed by atoms with E-state index in [1.807, 2.05) is 20.8 Å². The van der Waals surface area contributed by atoms with Crippen LogP contribution in [0.5, 0.6) is 0 Å². The summed E-state index contributed by atoms with van der Waals surface area (Å²) >= 11 is 0. The van der Waals surface area contributed by atoms with E-state index in [0.29, 0.717) is 12.5 Å². The molecule has 1 aromatic rings. The third-order valence-corrected chi connectivity index (χ3v) is 4.53. The zero-order valence-corrected chi connectivity index (χ0v) is 20.6. The number of nitrogens with one attached hydrogen (secondary N) is 3. The van der Waals surface area contributed by atoms with Crippen molar-refractivity contribution >= 4 is 35.8 Å². The van der Waals surface area contributed by atoms with Gasteiger partial charge in [-0.05, 0) is 33.3 Å². The topological polar surface area (TPSA) is 78.0 Å². The lowest BCUT2D eigenvalue weighted by atomic mass is 10.0. The van der Waals surface area contributed by atoms with Crippen molar-refractivity contribution in [3.05, 3.63) is 35.4 Å². The third kappa shape index (κ3) is 9.31. The molecule has 0 aromatic heterocycles. The van der Waals surface area contributed by atoms with Crippen LogP contribution in [0.2, 0.25) is 0 Å². The highest BCUT2D eigenvalue weighted by Crippen LogP contribution is 2.22. The van der Waals surface area contributed by atoms with Crippen LogP contribution in [0.15, 0.2) is 29.3 Å². The number of carbonyl (C=O) groups is 1. The van der Waals surface area contributed by atoms with E-state index in [9.17, 15) is 4.79 Å². The van der Waals surface area contributed by atoms with Crippen molar-refractivity contribution in [2.75, 3.05) is 46.4 Å². The van der Waals surface area contributed by atoms with E-state index in [2.05, 4.69) is 57.0 Å². The minimum atomic E-state index is -0.248. The molecular weight excluding hydrogens is 481 g/mol. The number of guanidine groups is 1. The zero-order chi connectivity index (χ0) is 20.6.